The molecule has 0 radical (unpaired) electrons. The molecule has 0 spiro atoms. The van der Waals surface area contributed by atoms with Gasteiger partial charge in [-0.25, -0.2) is 0 Å². The lowest BCUT2D eigenvalue weighted by Crippen LogP contribution is -2.30. The number of Topliss-reactive ketones (excluding diaryl/α,β-unsaturated/α-hetero) is 1. The van der Waals surface area contributed by atoms with Gasteiger partial charge in [0.2, 0.25) is 0 Å². The summed E-state index contributed by atoms with van der Waals surface area (Å²) in [6.07, 6.45) is -0.657. The van der Waals surface area contributed by atoms with Crippen molar-refractivity contribution in [1.82, 2.24) is 0 Å². The van der Waals surface area contributed by atoms with E-state index >= 15 is 0 Å². The highest BCUT2D eigenvalue weighted by atomic mass is 79.9. The van der Waals surface area contributed by atoms with Gasteiger partial charge in [-0.05, 0) is 73.2 Å². The summed E-state index contributed by atoms with van der Waals surface area (Å²) >= 11 is 3.45. The molecule has 0 fully saturated rings. The monoisotopic (exact) mass is 411 g/mol. The molecular formula is C21H18BrNO3. The van der Waals surface area contributed by atoms with Crippen LogP contribution >= 0.6 is 15.9 Å². The minimum atomic E-state index is -0.657. The molecule has 3 aromatic rings. The minimum Gasteiger partial charge on any atom is -0.481 e. The molecule has 0 aromatic heterocycles. The Morgan fingerprint density at radius 2 is 1.62 bits per heavy atom. The van der Waals surface area contributed by atoms with Crippen LogP contribution in [0.25, 0.3) is 10.8 Å². The third-order valence-corrected chi connectivity index (χ3v) is 4.51. The van der Waals surface area contributed by atoms with Gasteiger partial charge in [0.1, 0.15) is 5.75 Å². The third kappa shape index (κ3) is 4.29. The summed E-state index contributed by atoms with van der Waals surface area (Å²) in [6.45, 7) is 3.21. The van der Waals surface area contributed by atoms with E-state index < -0.39 is 6.10 Å². The number of ether oxygens (including phenoxy) is 1. The SMILES string of the molecule is CC(=O)c1ccc(NC(=O)[C@H](C)Oc2ccc3cc(Br)ccc3c2)cc1. The van der Waals surface area contributed by atoms with Crippen molar-refractivity contribution in [2.45, 2.75) is 20.0 Å². The molecule has 1 N–H and O–H groups in total. The predicted molar refractivity (Wildman–Crippen MR) is 107 cm³/mol. The van der Waals surface area contributed by atoms with Crippen molar-refractivity contribution < 1.29 is 14.3 Å². The average Bonchev–Trinajstić information content (AvgIpc) is 2.62. The van der Waals surface area contributed by atoms with Gasteiger partial charge in [-0.2, -0.15) is 0 Å². The summed E-state index contributed by atoms with van der Waals surface area (Å²) in [5.74, 6) is 0.369. The van der Waals surface area contributed by atoms with Gasteiger partial charge in [0.25, 0.3) is 5.91 Å². The molecule has 0 saturated carbocycles. The maximum atomic E-state index is 12.3. The smallest absolute Gasteiger partial charge is 0.265 e. The second-order valence-corrected chi connectivity index (χ2v) is 6.95. The number of anilines is 1. The maximum absolute atomic E-state index is 12.3. The van der Waals surface area contributed by atoms with Gasteiger partial charge >= 0.3 is 0 Å². The number of ketones is 1. The Labute approximate surface area is 160 Å². The van der Waals surface area contributed by atoms with Crippen LogP contribution in [-0.2, 0) is 4.79 Å². The van der Waals surface area contributed by atoms with Crippen LogP contribution in [0.2, 0.25) is 0 Å². The van der Waals surface area contributed by atoms with Crippen molar-refractivity contribution in [2.75, 3.05) is 5.32 Å². The zero-order valence-corrected chi connectivity index (χ0v) is 16.0. The molecule has 0 aliphatic carbocycles. The molecule has 4 nitrogen and oxygen atoms in total. The molecule has 0 bridgehead atoms. The Morgan fingerprint density at radius 1 is 0.962 bits per heavy atom. The first-order valence-corrected chi connectivity index (χ1v) is 8.99. The molecule has 3 aromatic carbocycles. The highest BCUT2D eigenvalue weighted by Crippen LogP contribution is 2.25. The standard InChI is InChI=1S/C21H18BrNO3/c1-13(24)15-4-8-19(9-5-15)23-21(25)14(2)26-20-10-6-16-11-18(22)7-3-17(16)12-20/h3-12,14H,1-2H3,(H,23,25)/t14-/m0/s1. The number of nitrogens with one attached hydrogen (secondary N) is 1. The van der Waals surface area contributed by atoms with E-state index in [1.165, 1.54) is 6.92 Å². The van der Waals surface area contributed by atoms with Crippen molar-refractivity contribution in [1.29, 1.82) is 0 Å². The second kappa shape index (κ2) is 7.70. The highest BCUT2D eigenvalue weighted by Gasteiger charge is 2.15. The number of carbonyl (C=O) groups excluding carboxylic acids is 2. The summed E-state index contributed by atoms with van der Waals surface area (Å²) in [4.78, 5) is 23.6. The fourth-order valence-corrected chi connectivity index (χ4v) is 2.94. The number of halogens is 1. The quantitative estimate of drug-likeness (QED) is 0.586. The van der Waals surface area contributed by atoms with Crippen molar-refractivity contribution in [3.05, 3.63) is 70.7 Å². The number of hydrogen-bond acceptors (Lipinski definition) is 3. The lowest BCUT2D eigenvalue weighted by molar-refractivity contribution is -0.122. The van der Waals surface area contributed by atoms with Crippen LogP contribution in [0.1, 0.15) is 24.2 Å². The lowest BCUT2D eigenvalue weighted by atomic mass is 10.1. The molecule has 0 saturated heterocycles. The van der Waals surface area contributed by atoms with Gasteiger partial charge in [0.05, 0.1) is 0 Å². The van der Waals surface area contributed by atoms with Crippen LogP contribution in [0, 0.1) is 0 Å². The fourth-order valence-electron chi connectivity index (χ4n) is 2.56. The second-order valence-electron chi connectivity index (χ2n) is 6.04. The van der Waals surface area contributed by atoms with Gasteiger partial charge in [-0.1, -0.05) is 28.1 Å². The van der Waals surface area contributed by atoms with Crippen LogP contribution < -0.4 is 10.1 Å². The average molecular weight is 412 g/mol. The van der Waals surface area contributed by atoms with E-state index in [0.717, 1.165) is 15.2 Å². The first-order chi connectivity index (χ1) is 12.4. The van der Waals surface area contributed by atoms with Crippen molar-refractivity contribution >= 4 is 44.1 Å². The Bertz CT molecular complexity index is 967. The van der Waals surface area contributed by atoms with Gasteiger partial charge < -0.3 is 10.1 Å². The van der Waals surface area contributed by atoms with E-state index in [1.54, 1.807) is 31.2 Å². The first-order valence-electron chi connectivity index (χ1n) is 8.20. The first kappa shape index (κ1) is 18.1. The zero-order chi connectivity index (χ0) is 18.7. The molecule has 132 valence electrons. The number of amides is 1. The van der Waals surface area contributed by atoms with Crippen LogP contribution in [-0.4, -0.2) is 17.8 Å². The summed E-state index contributed by atoms with van der Waals surface area (Å²) in [6, 6.07) is 18.5. The van der Waals surface area contributed by atoms with Gasteiger partial charge in [0, 0.05) is 15.7 Å². The molecule has 0 aliphatic rings. The Balaban J connectivity index is 1.67. The summed E-state index contributed by atoms with van der Waals surface area (Å²) < 4.78 is 6.79. The zero-order valence-electron chi connectivity index (χ0n) is 14.5. The topological polar surface area (TPSA) is 55.4 Å². The van der Waals surface area contributed by atoms with E-state index in [-0.39, 0.29) is 11.7 Å². The summed E-state index contributed by atoms with van der Waals surface area (Å²) in [7, 11) is 0. The number of hydrogen-bond donors (Lipinski definition) is 1. The van der Waals surface area contributed by atoms with Gasteiger partial charge in [-0.3, -0.25) is 9.59 Å². The Hall–Kier alpha value is -2.66. The minimum absolute atomic E-state index is 0.0112. The third-order valence-electron chi connectivity index (χ3n) is 4.01. The summed E-state index contributed by atoms with van der Waals surface area (Å²) in [5.41, 5.74) is 1.23. The summed E-state index contributed by atoms with van der Waals surface area (Å²) in [5, 5.41) is 4.92. The van der Waals surface area contributed by atoms with E-state index in [2.05, 4.69) is 21.2 Å². The number of carbonyl (C=O) groups is 2. The number of benzene rings is 3. The van der Waals surface area contributed by atoms with E-state index in [9.17, 15) is 9.59 Å². The lowest BCUT2D eigenvalue weighted by Gasteiger charge is -2.15. The van der Waals surface area contributed by atoms with E-state index in [1.807, 2.05) is 36.4 Å². The van der Waals surface area contributed by atoms with Gasteiger partial charge in [-0.15, -0.1) is 0 Å². The highest BCUT2D eigenvalue weighted by molar-refractivity contribution is 9.10. The number of rotatable bonds is 5. The van der Waals surface area contributed by atoms with Crippen molar-refractivity contribution in [2.24, 2.45) is 0 Å². The Kier molecular flexibility index (Phi) is 5.38. The molecule has 1 amide bonds. The Morgan fingerprint density at radius 3 is 2.31 bits per heavy atom. The molecule has 5 heteroatoms. The van der Waals surface area contributed by atoms with Crippen molar-refractivity contribution in [3.8, 4) is 5.75 Å². The van der Waals surface area contributed by atoms with Crippen molar-refractivity contribution in [3.63, 3.8) is 0 Å². The van der Waals surface area contributed by atoms with E-state index in [0.29, 0.717) is 17.0 Å². The molecule has 0 unspecified atom stereocenters. The molecule has 3 rings (SSSR count). The van der Waals surface area contributed by atoms with Crippen LogP contribution in [0.4, 0.5) is 5.69 Å². The largest absolute Gasteiger partial charge is 0.481 e. The predicted octanol–water partition coefficient (Wildman–Crippen LogP) is 5.21. The van der Waals surface area contributed by atoms with Gasteiger partial charge in [0.15, 0.2) is 11.9 Å². The van der Waals surface area contributed by atoms with Crippen LogP contribution in [0.3, 0.4) is 0 Å². The van der Waals surface area contributed by atoms with Crippen LogP contribution in [0.5, 0.6) is 5.75 Å². The molecule has 0 heterocycles. The molecular weight excluding hydrogens is 394 g/mol. The molecule has 1 atom stereocenters. The molecule has 0 aliphatic heterocycles. The van der Waals surface area contributed by atoms with Crippen LogP contribution in [0.15, 0.2) is 65.1 Å². The fraction of sp³-hybridized carbons (Fsp3) is 0.143. The molecule has 26 heavy (non-hydrogen) atoms. The van der Waals surface area contributed by atoms with E-state index in [4.69, 9.17) is 4.74 Å². The number of fused-ring (bicyclic) bond motifs is 1. The normalized spacial score (nSPS) is 11.8. The maximum Gasteiger partial charge on any atom is 0.265 e.